The van der Waals surface area contributed by atoms with Crippen molar-refractivity contribution in [2.24, 2.45) is 0 Å². The first-order valence-corrected chi connectivity index (χ1v) is 15.6. The highest BCUT2D eigenvalue weighted by Crippen LogP contribution is 2.39. The molecule has 0 unspecified atom stereocenters. The molecule has 14 heteroatoms. The molecule has 1 amide bonds. The fourth-order valence-electron chi connectivity index (χ4n) is 5.67. The van der Waals surface area contributed by atoms with Gasteiger partial charge in [0.2, 0.25) is 0 Å². The molecule has 2 atom stereocenters. The van der Waals surface area contributed by atoms with Gasteiger partial charge in [-0.05, 0) is 77.8 Å². The Morgan fingerprint density at radius 2 is 1.91 bits per heavy atom. The van der Waals surface area contributed by atoms with E-state index in [0.717, 1.165) is 31.5 Å². The predicted octanol–water partition coefficient (Wildman–Crippen LogP) is 7.68. The van der Waals surface area contributed by atoms with Crippen LogP contribution in [0.2, 0.25) is 0 Å². The smallest absolute Gasteiger partial charge is 0.416 e. The van der Waals surface area contributed by atoms with Crippen molar-refractivity contribution in [3.63, 3.8) is 0 Å². The van der Waals surface area contributed by atoms with E-state index in [9.17, 15) is 22.4 Å². The van der Waals surface area contributed by atoms with Crippen LogP contribution in [0.15, 0.2) is 30.5 Å². The van der Waals surface area contributed by atoms with E-state index in [1.165, 1.54) is 22.4 Å². The summed E-state index contributed by atoms with van der Waals surface area (Å²) in [7, 11) is 1.66. The first-order valence-electron chi connectivity index (χ1n) is 14.8. The summed E-state index contributed by atoms with van der Waals surface area (Å²) in [6.45, 7) is 9.56. The van der Waals surface area contributed by atoms with Crippen molar-refractivity contribution in [3.8, 4) is 11.3 Å². The molecule has 2 aliphatic heterocycles. The Kier molecular flexibility index (Phi) is 9.28. The summed E-state index contributed by atoms with van der Waals surface area (Å²) in [4.78, 5) is 27.4. The molecule has 1 aromatic carbocycles. The minimum absolute atomic E-state index is 0.00660. The van der Waals surface area contributed by atoms with E-state index >= 15 is 4.39 Å². The number of pyridine rings is 1. The number of aromatic nitrogens is 2. The number of nitrogens with zero attached hydrogens (tertiary/aromatic N) is 5. The second-order valence-corrected chi connectivity index (χ2v) is 13.7. The van der Waals surface area contributed by atoms with Crippen molar-refractivity contribution in [2.45, 2.75) is 77.4 Å². The van der Waals surface area contributed by atoms with Crippen LogP contribution >= 0.6 is 11.3 Å². The van der Waals surface area contributed by atoms with Gasteiger partial charge in [0, 0.05) is 49.4 Å². The zero-order valence-corrected chi connectivity index (χ0v) is 26.7. The number of amides is 1. The lowest BCUT2D eigenvalue weighted by molar-refractivity contribution is -0.137. The van der Waals surface area contributed by atoms with Gasteiger partial charge in [0.1, 0.15) is 11.4 Å². The van der Waals surface area contributed by atoms with Crippen LogP contribution in [0.25, 0.3) is 11.3 Å². The Hall–Kier alpha value is -3.52. The van der Waals surface area contributed by atoms with Crippen LogP contribution in [0.3, 0.4) is 0 Å². The third kappa shape index (κ3) is 7.66. The number of hydrogen-bond donors (Lipinski definition) is 1. The van der Waals surface area contributed by atoms with Crippen molar-refractivity contribution in [2.75, 3.05) is 36.9 Å². The molecular formula is C31H37F5N6O2S. The van der Waals surface area contributed by atoms with Crippen molar-refractivity contribution in [1.82, 2.24) is 19.8 Å². The molecule has 4 heterocycles. The highest BCUT2D eigenvalue weighted by Gasteiger charge is 2.34. The Balaban J connectivity index is 1.40. The molecule has 244 valence electrons. The zero-order chi connectivity index (χ0) is 32.7. The molecular weight excluding hydrogens is 615 g/mol. The lowest BCUT2D eigenvalue weighted by Gasteiger charge is -2.29. The SMILES string of the molecule is C[C@@H]1CCCN1Cc1sc(Nc2nccc(N3CC[C@H](N(C)C(=O)OC(C)(C)C)C3)c2F)nc1-c1cc(F)cc(C(F)(F)F)c1. The summed E-state index contributed by atoms with van der Waals surface area (Å²) in [5, 5.41) is 3.14. The molecule has 8 nitrogen and oxygen atoms in total. The summed E-state index contributed by atoms with van der Waals surface area (Å²) in [5.74, 6) is -1.76. The van der Waals surface area contributed by atoms with Crippen LogP contribution in [0.4, 0.5) is 43.4 Å². The lowest BCUT2D eigenvalue weighted by atomic mass is 10.1. The first-order chi connectivity index (χ1) is 21.1. The van der Waals surface area contributed by atoms with Gasteiger partial charge >= 0.3 is 12.3 Å². The van der Waals surface area contributed by atoms with Crippen LogP contribution in [0.5, 0.6) is 0 Å². The number of nitrogens with one attached hydrogen (secondary N) is 1. The number of ether oxygens (including phenoxy) is 1. The van der Waals surface area contributed by atoms with Gasteiger partial charge in [-0.2, -0.15) is 13.2 Å². The summed E-state index contributed by atoms with van der Waals surface area (Å²) in [6.07, 6.45) is -1.14. The van der Waals surface area contributed by atoms with Gasteiger partial charge < -0.3 is 19.9 Å². The number of thiazole rings is 1. The standard InChI is InChI=1S/C31H37F5N6O2S/c1-18-7-6-11-41(18)17-24-26(19-13-20(31(34,35)36)15-21(32)14-19)38-28(45-24)39-27-25(33)23(8-10-37-27)42-12-9-22(16-42)40(5)29(43)44-30(2,3)4/h8,10,13-15,18,22H,6-7,9,11-12,16-17H2,1-5H3,(H,37,38,39)/t18-,22+/m1/s1. The molecule has 1 N–H and O–H groups in total. The third-order valence-electron chi connectivity index (χ3n) is 8.06. The van der Waals surface area contributed by atoms with Crippen molar-refractivity contribution in [1.29, 1.82) is 0 Å². The zero-order valence-electron chi connectivity index (χ0n) is 25.8. The Bertz CT molecular complexity index is 1540. The van der Waals surface area contributed by atoms with Gasteiger partial charge in [-0.3, -0.25) is 4.90 Å². The highest BCUT2D eigenvalue weighted by atomic mass is 32.1. The van der Waals surface area contributed by atoms with E-state index in [2.05, 4.69) is 27.1 Å². The number of likely N-dealkylation sites (tertiary alicyclic amines) is 1. The van der Waals surface area contributed by atoms with E-state index in [0.29, 0.717) is 37.0 Å². The number of carbonyl (C=O) groups is 1. The average molecular weight is 653 g/mol. The normalized spacial score (nSPS) is 19.3. The molecule has 0 aliphatic carbocycles. The van der Waals surface area contributed by atoms with Gasteiger partial charge in [-0.15, -0.1) is 0 Å². The van der Waals surface area contributed by atoms with E-state index in [-0.39, 0.29) is 40.0 Å². The van der Waals surface area contributed by atoms with Gasteiger partial charge in [-0.25, -0.2) is 23.5 Å². The van der Waals surface area contributed by atoms with Crippen LogP contribution < -0.4 is 10.2 Å². The van der Waals surface area contributed by atoms with Crippen molar-refractivity contribution >= 4 is 34.1 Å². The molecule has 2 fully saturated rings. The van der Waals surface area contributed by atoms with Crippen LogP contribution in [0.1, 0.15) is 57.4 Å². The van der Waals surface area contributed by atoms with Crippen molar-refractivity contribution < 1.29 is 31.5 Å². The summed E-state index contributed by atoms with van der Waals surface area (Å²) in [6, 6.07) is 4.00. The highest BCUT2D eigenvalue weighted by molar-refractivity contribution is 7.16. The van der Waals surface area contributed by atoms with Gasteiger partial charge in [-0.1, -0.05) is 11.3 Å². The van der Waals surface area contributed by atoms with E-state index in [1.807, 2.05) is 4.90 Å². The fraction of sp³-hybridized carbons (Fsp3) is 0.516. The maximum atomic E-state index is 15.9. The lowest BCUT2D eigenvalue weighted by Crippen LogP contribution is -2.42. The number of alkyl halides is 3. The topological polar surface area (TPSA) is 73.8 Å². The fourth-order valence-corrected chi connectivity index (χ4v) is 6.67. The molecule has 0 spiro atoms. The van der Waals surface area contributed by atoms with Crippen LogP contribution in [-0.2, 0) is 17.5 Å². The predicted molar refractivity (Wildman–Crippen MR) is 164 cm³/mol. The molecule has 45 heavy (non-hydrogen) atoms. The van der Waals surface area contributed by atoms with Gasteiger partial charge in [0.05, 0.1) is 23.0 Å². The summed E-state index contributed by atoms with van der Waals surface area (Å²) in [5.41, 5.74) is -1.26. The number of benzene rings is 1. The second-order valence-electron chi connectivity index (χ2n) is 12.6. The molecule has 2 aromatic heterocycles. The molecule has 5 rings (SSSR count). The summed E-state index contributed by atoms with van der Waals surface area (Å²) >= 11 is 1.17. The molecule has 0 saturated carbocycles. The van der Waals surface area contributed by atoms with Gasteiger partial charge in [0.15, 0.2) is 16.8 Å². The van der Waals surface area contributed by atoms with E-state index in [1.54, 1.807) is 33.9 Å². The minimum Gasteiger partial charge on any atom is -0.444 e. The molecule has 0 bridgehead atoms. The van der Waals surface area contributed by atoms with Crippen LogP contribution in [-0.4, -0.2) is 70.2 Å². The monoisotopic (exact) mass is 652 g/mol. The number of rotatable bonds is 7. The maximum absolute atomic E-state index is 15.9. The summed E-state index contributed by atoms with van der Waals surface area (Å²) < 4.78 is 76.4. The number of anilines is 3. The van der Waals surface area contributed by atoms with E-state index in [4.69, 9.17) is 4.74 Å². The Morgan fingerprint density at radius 3 is 2.58 bits per heavy atom. The largest absolute Gasteiger partial charge is 0.444 e. The van der Waals surface area contributed by atoms with Gasteiger partial charge in [0.25, 0.3) is 0 Å². The van der Waals surface area contributed by atoms with Crippen molar-refractivity contribution in [3.05, 3.63) is 52.5 Å². The number of carbonyl (C=O) groups excluding carboxylic acids is 1. The quantitative estimate of drug-likeness (QED) is 0.263. The molecule has 3 aromatic rings. The van der Waals surface area contributed by atoms with Crippen LogP contribution in [0, 0.1) is 11.6 Å². The first kappa shape index (κ1) is 32.9. The number of halogens is 5. The van der Waals surface area contributed by atoms with E-state index < -0.39 is 35.1 Å². The third-order valence-corrected chi connectivity index (χ3v) is 9.02. The molecule has 0 radical (unpaired) electrons. The maximum Gasteiger partial charge on any atom is 0.416 e. The minimum atomic E-state index is -4.73. The Morgan fingerprint density at radius 1 is 1.16 bits per heavy atom. The average Bonchev–Trinajstić information content (AvgIpc) is 3.68. The number of likely N-dealkylation sites (N-methyl/N-ethyl adjacent to an activating group) is 1. The molecule has 2 aliphatic rings. The number of hydrogen-bond acceptors (Lipinski definition) is 8. The Labute approximate surface area is 263 Å². The molecule has 2 saturated heterocycles. The second kappa shape index (κ2) is 12.7.